The number of aliphatic hydroxyl groups is 1. The lowest BCUT2D eigenvalue weighted by Crippen LogP contribution is -1.88. The van der Waals surface area contributed by atoms with Gasteiger partial charge in [0.25, 0.3) is 0 Å². The van der Waals surface area contributed by atoms with Crippen LogP contribution >= 0.6 is 0 Å². The van der Waals surface area contributed by atoms with E-state index in [1.165, 1.54) is 17.5 Å². The fourth-order valence-corrected chi connectivity index (χ4v) is 1.49. The highest BCUT2D eigenvalue weighted by Crippen LogP contribution is 2.08. The summed E-state index contributed by atoms with van der Waals surface area (Å²) < 4.78 is 0. The lowest BCUT2D eigenvalue weighted by Gasteiger charge is -2.01. The molecule has 0 heterocycles. The number of aryl methyl sites for hydroxylation is 2. The van der Waals surface area contributed by atoms with Crippen LogP contribution in [0.3, 0.4) is 0 Å². The van der Waals surface area contributed by atoms with E-state index < -0.39 is 0 Å². The summed E-state index contributed by atoms with van der Waals surface area (Å²) in [5.74, 6) is 0. The Morgan fingerprint density at radius 2 is 1.80 bits per heavy atom. The fraction of sp³-hybridized carbons (Fsp3) is 0.571. The van der Waals surface area contributed by atoms with Crippen LogP contribution in [-0.2, 0) is 6.42 Å². The van der Waals surface area contributed by atoms with E-state index in [0.29, 0.717) is 6.61 Å². The van der Waals surface area contributed by atoms with Crippen LogP contribution in [-0.4, -0.2) is 11.7 Å². The molecule has 15 heavy (non-hydrogen) atoms. The molecule has 0 saturated heterocycles. The highest BCUT2D eigenvalue weighted by atomic mass is 16.2. The second kappa shape index (κ2) is 9.72. The number of hydrogen-bond acceptors (Lipinski definition) is 1. The first kappa shape index (κ1) is 14.2. The number of unbranched alkanes of at least 4 members (excludes halogenated alkanes) is 2. The van der Waals surface area contributed by atoms with Crippen LogP contribution in [0.2, 0.25) is 0 Å². The molecule has 86 valence electrons. The molecular weight excluding hydrogens is 184 g/mol. The maximum atomic E-state index is 8.61. The van der Waals surface area contributed by atoms with Crippen LogP contribution in [0.25, 0.3) is 0 Å². The molecule has 0 aliphatic rings. The molecule has 0 fully saturated rings. The van der Waals surface area contributed by atoms with E-state index in [9.17, 15) is 0 Å². The van der Waals surface area contributed by atoms with E-state index in [0.717, 1.165) is 19.3 Å². The highest BCUT2D eigenvalue weighted by Gasteiger charge is 1.93. The first-order valence-corrected chi connectivity index (χ1v) is 5.99. The van der Waals surface area contributed by atoms with Gasteiger partial charge in [0.05, 0.1) is 0 Å². The fourth-order valence-electron chi connectivity index (χ4n) is 1.49. The van der Waals surface area contributed by atoms with Crippen molar-refractivity contribution in [2.75, 3.05) is 6.61 Å². The lowest BCUT2D eigenvalue weighted by molar-refractivity contribution is 0.283. The van der Waals surface area contributed by atoms with Crippen molar-refractivity contribution in [3.8, 4) is 0 Å². The van der Waals surface area contributed by atoms with Crippen LogP contribution in [0.5, 0.6) is 0 Å². The maximum Gasteiger partial charge on any atom is 0.0431 e. The zero-order valence-corrected chi connectivity index (χ0v) is 10.3. The van der Waals surface area contributed by atoms with Gasteiger partial charge in [-0.05, 0) is 31.7 Å². The second-order valence-corrected chi connectivity index (χ2v) is 3.52. The van der Waals surface area contributed by atoms with E-state index in [1.807, 2.05) is 13.8 Å². The summed E-state index contributed by atoms with van der Waals surface area (Å²) in [6.45, 7) is 6.45. The Bertz CT molecular complexity index is 243. The molecule has 0 aliphatic heterocycles. The van der Waals surface area contributed by atoms with E-state index in [2.05, 4.69) is 31.2 Å². The Kier molecular flexibility index (Phi) is 9.19. The van der Waals surface area contributed by atoms with Crippen LogP contribution in [0.1, 0.15) is 44.2 Å². The molecule has 0 bridgehead atoms. The zero-order valence-electron chi connectivity index (χ0n) is 10.3. The third kappa shape index (κ3) is 7.15. The van der Waals surface area contributed by atoms with Crippen molar-refractivity contribution < 1.29 is 5.11 Å². The molecule has 0 amide bonds. The first-order chi connectivity index (χ1) is 7.33. The van der Waals surface area contributed by atoms with Gasteiger partial charge in [0, 0.05) is 6.61 Å². The van der Waals surface area contributed by atoms with Crippen LogP contribution in [0.15, 0.2) is 24.3 Å². The topological polar surface area (TPSA) is 20.2 Å². The van der Waals surface area contributed by atoms with Gasteiger partial charge in [-0.1, -0.05) is 50.1 Å². The van der Waals surface area contributed by atoms with Gasteiger partial charge in [-0.2, -0.15) is 0 Å². The van der Waals surface area contributed by atoms with Crippen LogP contribution in [0.4, 0.5) is 0 Å². The number of hydrogen-bond donors (Lipinski definition) is 1. The van der Waals surface area contributed by atoms with Crippen LogP contribution in [0, 0.1) is 6.92 Å². The summed E-state index contributed by atoms with van der Waals surface area (Å²) in [7, 11) is 0. The average molecular weight is 208 g/mol. The Labute approximate surface area is 94.2 Å². The van der Waals surface area contributed by atoms with Crippen molar-refractivity contribution in [2.24, 2.45) is 0 Å². The molecule has 0 atom stereocenters. The molecule has 1 nitrogen and oxygen atoms in total. The number of aliphatic hydroxyl groups excluding tert-OH is 1. The van der Waals surface area contributed by atoms with Gasteiger partial charge in [0.15, 0.2) is 0 Å². The Balaban J connectivity index is 0.000000921. The normalized spacial score (nSPS) is 9.33. The van der Waals surface area contributed by atoms with Gasteiger partial charge >= 0.3 is 0 Å². The van der Waals surface area contributed by atoms with Gasteiger partial charge in [-0.25, -0.2) is 0 Å². The van der Waals surface area contributed by atoms with Crippen LogP contribution < -0.4 is 0 Å². The third-order valence-corrected chi connectivity index (χ3v) is 2.21. The van der Waals surface area contributed by atoms with Crippen molar-refractivity contribution in [1.82, 2.24) is 0 Å². The molecule has 0 unspecified atom stereocenters. The van der Waals surface area contributed by atoms with Gasteiger partial charge in [-0.3, -0.25) is 0 Å². The third-order valence-electron chi connectivity index (χ3n) is 2.21. The van der Waals surface area contributed by atoms with E-state index >= 15 is 0 Å². The minimum Gasteiger partial charge on any atom is -0.396 e. The molecule has 1 rings (SSSR count). The predicted octanol–water partition coefficient (Wildman–Crippen LogP) is 3.73. The summed E-state index contributed by atoms with van der Waals surface area (Å²) in [6.07, 6.45) is 4.39. The summed E-state index contributed by atoms with van der Waals surface area (Å²) in [6, 6.07) is 8.64. The van der Waals surface area contributed by atoms with Gasteiger partial charge < -0.3 is 5.11 Å². The Morgan fingerprint density at radius 1 is 1.07 bits per heavy atom. The minimum absolute atomic E-state index is 0.327. The lowest BCUT2D eigenvalue weighted by atomic mass is 10.1. The molecule has 0 radical (unpaired) electrons. The maximum absolute atomic E-state index is 8.61. The molecule has 0 aliphatic carbocycles. The van der Waals surface area contributed by atoms with Gasteiger partial charge in [0.1, 0.15) is 0 Å². The molecule has 1 heteroatoms. The summed E-state index contributed by atoms with van der Waals surface area (Å²) >= 11 is 0. The summed E-state index contributed by atoms with van der Waals surface area (Å²) in [4.78, 5) is 0. The molecular formula is C14H24O. The average Bonchev–Trinajstić information content (AvgIpc) is 2.27. The van der Waals surface area contributed by atoms with Crippen molar-refractivity contribution in [3.05, 3.63) is 35.4 Å². The van der Waals surface area contributed by atoms with Crippen molar-refractivity contribution in [3.63, 3.8) is 0 Å². The standard InChI is InChI=1S/C12H18O.C2H6/c1-11-6-5-8-12(10-11)7-3-2-4-9-13;1-2/h5-6,8,10,13H,2-4,7,9H2,1H3;1-2H3. The number of rotatable bonds is 5. The molecule has 0 saturated carbocycles. The smallest absolute Gasteiger partial charge is 0.0431 e. The summed E-state index contributed by atoms with van der Waals surface area (Å²) in [5.41, 5.74) is 2.75. The highest BCUT2D eigenvalue weighted by molar-refractivity contribution is 5.22. The molecule has 1 aromatic carbocycles. The van der Waals surface area contributed by atoms with Crippen molar-refractivity contribution >= 4 is 0 Å². The second-order valence-electron chi connectivity index (χ2n) is 3.52. The zero-order chi connectivity index (χ0) is 11.5. The SMILES string of the molecule is CC.Cc1cccc(CCCCCO)c1. The Morgan fingerprint density at radius 3 is 2.40 bits per heavy atom. The molecule has 1 N–H and O–H groups in total. The first-order valence-electron chi connectivity index (χ1n) is 5.99. The molecule has 0 aromatic heterocycles. The van der Waals surface area contributed by atoms with Crippen molar-refractivity contribution in [1.29, 1.82) is 0 Å². The number of benzene rings is 1. The van der Waals surface area contributed by atoms with E-state index in [-0.39, 0.29) is 0 Å². The van der Waals surface area contributed by atoms with E-state index in [4.69, 9.17) is 5.11 Å². The largest absolute Gasteiger partial charge is 0.396 e. The van der Waals surface area contributed by atoms with Gasteiger partial charge in [-0.15, -0.1) is 0 Å². The predicted molar refractivity (Wildman–Crippen MR) is 67.2 cm³/mol. The summed E-state index contributed by atoms with van der Waals surface area (Å²) in [5, 5.41) is 8.61. The Hall–Kier alpha value is -0.820. The molecule has 1 aromatic rings. The van der Waals surface area contributed by atoms with Gasteiger partial charge in [0.2, 0.25) is 0 Å². The van der Waals surface area contributed by atoms with E-state index in [1.54, 1.807) is 0 Å². The minimum atomic E-state index is 0.327. The monoisotopic (exact) mass is 208 g/mol. The molecule has 0 spiro atoms. The quantitative estimate of drug-likeness (QED) is 0.731. The van der Waals surface area contributed by atoms with Crippen molar-refractivity contribution in [2.45, 2.75) is 46.5 Å².